The number of aryl methyl sites for hydroxylation is 1. The number of rotatable bonds is 5. The summed E-state index contributed by atoms with van der Waals surface area (Å²) in [5.41, 5.74) is 1.24. The molecule has 0 radical (unpaired) electrons. The van der Waals surface area contributed by atoms with Gasteiger partial charge in [0.1, 0.15) is 0 Å². The lowest BCUT2D eigenvalue weighted by molar-refractivity contribution is 0.433. The second-order valence-corrected chi connectivity index (χ2v) is 4.47. The first-order valence-electron chi connectivity index (χ1n) is 4.90. The first kappa shape index (κ1) is 11.7. The van der Waals surface area contributed by atoms with E-state index in [1.807, 2.05) is 24.1 Å². The lowest BCUT2D eigenvalue weighted by atomic mass is 10.1. The van der Waals surface area contributed by atoms with Crippen molar-refractivity contribution in [2.45, 2.75) is 26.4 Å². The van der Waals surface area contributed by atoms with Gasteiger partial charge in [0.25, 0.3) is 0 Å². The minimum atomic E-state index is 0.523. The fraction of sp³-hybridized carbons (Fsp3) is 0.700. The molecule has 0 saturated carbocycles. The summed E-state index contributed by atoms with van der Waals surface area (Å²) in [6.45, 7) is 5.34. The van der Waals surface area contributed by atoms with Crippen LogP contribution in [0, 0.1) is 5.92 Å². The molecule has 3 nitrogen and oxygen atoms in total. The van der Waals surface area contributed by atoms with Crippen molar-refractivity contribution in [1.29, 1.82) is 0 Å². The van der Waals surface area contributed by atoms with Gasteiger partial charge in [-0.3, -0.25) is 4.68 Å². The summed E-state index contributed by atoms with van der Waals surface area (Å²) in [6, 6.07) is 0.523. The zero-order valence-corrected chi connectivity index (χ0v) is 10.6. The second-order valence-electron chi connectivity index (χ2n) is 3.82. The van der Waals surface area contributed by atoms with Gasteiger partial charge in [0.05, 0.1) is 6.20 Å². The van der Waals surface area contributed by atoms with E-state index in [1.165, 1.54) is 5.56 Å². The van der Waals surface area contributed by atoms with Crippen LogP contribution in [0.25, 0.3) is 0 Å². The predicted octanol–water partition coefficient (Wildman–Crippen LogP) is 1.93. The van der Waals surface area contributed by atoms with Crippen molar-refractivity contribution in [3.05, 3.63) is 18.0 Å². The molecule has 1 heterocycles. The first-order valence-corrected chi connectivity index (χ1v) is 6.02. The smallest absolute Gasteiger partial charge is 0.0534 e. The molecule has 80 valence electrons. The van der Waals surface area contributed by atoms with E-state index in [-0.39, 0.29) is 0 Å². The molecule has 1 aromatic rings. The van der Waals surface area contributed by atoms with Crippen LogP contribution in [-0.4, -0.2) is 21.2 Å². The summed E-state index contributed by atoms with van der Waals surface area (Å²) in [7, 11) is 1.94. The highest BCUT2D eigenvalue weighted by Gasteiger charge is 2.09. The van der Waals surface area contributed by atoms with Crippen molar-refractivity contribution >= 4 is 15.9 Å². The van der Waals surface area contributed by atoms with E-state index < -0.39 is 0 Å². The van der Waals surface area contributed by atoms with Gasteiger partial charge in [-0.15, -0.1) is 0 Å². The van der Waals surface area contributed by atoms with Crippen LogP contribution in [0.3, 0.4) is 0 Å². The molecular formula is C10H18BrN3. The molecule has 1 aromatic heterocycles. The Labute approximate surface area is 94.0 Å². The summed E-state index contributed by atoms with van der Waals surface area (Å²) >= 11 is 3.49. The maximum absolute atomic E-state index is 4.13. The third kappa shape index (κ3) is 3.42. The van der Waals surface area contributed by atoms with Crippen LogP contribution in [0.4, 0.5) is 0 Å². The van der Waals surface area contributed by atoms with E-state index in [0.717, 1.165) is 11.9 Å². The molecule has 0 fully saturated rings. The third-order valence-corrected chi connectivity index (χ3v) is 3.50. The predicted molar refractivity (Wildman–Crippen MR) is 62.5 cm³/mol. The quantitative estimate of drug-likeness (QED) is 0.820. The SMILES string of the molecule is CC(CBr)C(C)NCc1cnn(C)c1. The average Bonchev–Trinajstić information content (AvgIpc) is 2.59. The minimum Gasteiger partial charge on any atom is -0.310 e. The fourth-order valence-corrected chi connectivity index (χ4v) is 1.74. The summed E-state index contributed by atoms with van der Waals surface area (Å²) in [5, 5.41) is 8.64. The van der Waals surface area contributed by atoms with Crippen molar-refractivity contribution in [2.75, 3.05) is 5.33 Å². The van der Waals surface area contributed by atoms with E-state index in [4.69, 9.17) is 0 Å². The fourth-order valence-electron chi connectivity index (χ4n) is 1.18. The number of aromatic nitrogens is 2. The lowest BCUT2D eigenvalue weighted by Crippen LogP contribution is -2.32. The molecule has 2 atom stereocenters. The second kappa shape index (κ2) is 5.51. The molecule has 1 N–H and O–H groups in total. The van der Waals surface area contributed by atoms with Gasteiger partial charge in [-0.1, -0.05) is 22.9 Å². The molecule has 4 heteroatoms. The molecule has 0 aliphatic carbocycles. The molecule has 1 rings (SSSR count). The lowest BCUT2D eigenvalue weighted by Gasteiger charge is -2.18. The normalized spacial score (nSPS) is 15.4. The monoisotopic (exact) mass is 259 g/mol. The Morgan fingerprint density at radius 2 is 2.29 bits per heavy atom. The third-order valence-electron chi connectivity index (χ3n) is 2.48. The van der Waals surface area contributed by atoms with Crippen LogP contribution in [0.2, 0.25) is 0 Å². The number of nitrogens with zero attached hydrogens (tertiary/aromatic N) is 2. The van der Waals surface area contributed by atoms with Gasteiger partial charge in [0.2, 0.25) is 0 Å². The van der Waals surface area contributed by atoms with E-state index in [2.05, 4.69) is 40.2 Å². The highest BCUT2D eigenvalue weighted by Crippen LogP contribution is 2.06. The number of halogens is 1. The Morgan fingerprint density at radius 3 is 2.79 bits per heavy atom. The van der Waals surface area contributed by atoms with Crippen LogP contribution in [-0.2, 0) is 13.6 Å². The largest absolute Gasteiger partial charge is 0.310 e. The van der Waals surface area contributed by atoms with Crippen LogP contribution in [0.1, 0.15) is 19.4 Å². The van der Waals surface area contributed by atoms with Gasteiger partial charge < -0.3 is 5.32 Å². The molecule has 0 bridgehead atoms. The molecular weight excluding hydrogens is 242 g/mol. The zero-order valence-electron chi connectivity index (χ0n) is 9.00. The van der Waals surface area contributed by atoms with E-state index >= 15 is 0 Å². The van der Waals surface area contributed by atoms with Crippen molar-refractivity contribution in [3.63, 3.8) is 0 Å². The summed E-state index contributed by atoms with van der Waals surface area (Å²) in [6.07, 6.45) is 3.94. The molecule has 2 unspecified atom stereocenters. The average molecular weight is 260 g/mol. The number of alkyl halides is 1. The summed E-state index contributed by atoms with van der Waals surface area (Å²) in [4.78, 5) is 0. The van der Waals surface area contributed by atoms with Gasteiger partial charge in [-0.2, -0.15) is 5.10 Å². The molecule has 14 heavy (non-hydrogen) atoms. The summed E-state index contributed by atoms with van der Waals surface area (Å²) < 4.78 is 1.83. The van der Waals surface area contributed by atoms with E-state index in [0.29, 0.717) is 12.0 Å². The molecule has 0 aliphatic rings. The Morgan fingerprint density at radius 1 is 1.57 bits per heavy atom. The van der Waals surface area contributed by atoms with Crippen molar-refractivity contribution in [2.24, 2.45) is 13.0 Å². The van der Waals surface area contributed by atoms with Crippen LogP contribution in [0.5, 0.6) is 0 Å². The minimum absolute atomic E-state index is 0.523. The van der Waals surface area contributed by atoms with Crippen molar-refractivity contribution < 1.29 is 0 Å². The number of hydrogen-bond acceptors (Lipinski definition) is 2. The van der Waals surface area contributed by atoms with Crippen LogP contribution >= 0.6 is 15.9 Å². The maximum Gasteiger partial charge on any atom is 0.0534 e. The van der Waals surface area contributed by atoms with Gasteiger partial charge in [0.15, 0.2) is 0 Å². The Kier molecular flexibility index (Phi) is 4.62. The van der Waals surface area contributed by atoms with E-state index in [1.54, 1.807) is 0 Å². The van der Waals surface area contributed by atoms with Crippen molar-refractivity contribution in [1.82, 2.24) is 15.1 Å². The van der Waals surface area contributed by atoms with Crippen LogP contribution in [0.15, 0.2) is 12.4 Å². The molecule has 0 aromatic carbocycles. The van der Waals surface area contributed by atoms with Gasteiger partial charge >= 0.3 is 0 Å². The van der Waals surface area contributed by atoms with Crippen molar-refractivity contribution in [3.8, 4) is 0 Å². The van der Waals surface area contributed by atoms with E-state index in [9.17, 15) is 0 Å². The summed E-state index contributed by atoms with van der Waals surface area (Å²) in [5.74, 6) is 0.645. The number of hydrogen-bond donors (Lipinski definition) is 1. The first-order chi connectivity index (χ1) is 6.63. The van der Waals surface area contributed by atoms with Crippen LogP contribution < -0.4 is 5.32 Å². The molecule has 0 amide bonds. The Hall–Kier alpha value is -0.350. The highest BCUT2D eigenvalue weighted by atomic mass is 79.9. The highest BCUT2D eigenvalue weighted by molar-refractivity contribution is 9.09. The number of nitrogens with one attached hydrogen (secondary N) is 1. The van der Waals surface area contributed by atoms with Gasteiger partial charge in [0, 0.05) is 36.7 Å². The zero-order chi connectivity index (χ0) is 10.6. The molecule has 0 aliphatic heterocycles. The standard InChI is InChI=1S/C10H18BrN3/c1-8(4-11)9(2)12-5-10-6-13-14(3)7-10/h6-9,12H,4-5H2,1-3H3. The topological polar surface area (TPSA) is 29.9 Å². The molecule has 0 saturated heterocycles. The maximum atomic E-state index is 4.13. The molecule has 0 spiro atoms. The van der Waals surface area contributed by atoms with Gasteiger partial charge in [-0.05, 0) is 12.8 Å². The van der Waals surface area contributed by atoms with Gasteiger partial charge in [-0.25, -0.2) is 0 Å². The Bertz CT molecular complexity index is 272. The Balaban J connectivity index is 2.33.